The number of carbonyl (C=O) groups excluding carboxylic acids is 1. The number of unbranched alkanes of at least 4 members (excludes halogenated alkanes) is 1. The zero-order chi connectivity index (χ0) is 28.3. The van der Waals surface area contributed by atoms with Gasteiger partial charge in [0.2, 0.25) is 0 Å². The molecule has 0 aliphatic rings. The molecule has 39 heavy (non-hydrogen) atoms. The SMILES string of the molecule is CC/C=C\C/C=C\C/C=C\C/C=C\C/C=C\CCCC(=O)Oc1ccc(-c2ccc(F)cc2F)cc1C(=O)O. The summed E-state index contributed by atoms with van der Waals surface area (Å²) < 4.78 is 32.5. The fraction of sp³-hybridized carbons (Fsp3) is 0.273. The van der Waals surface area contributed by atoms with Crippen LogP contribution in [0.5, 0.6) is 5.75 Å². The predicted molar refractivity (Wildman–Crippen MR) is 153 cm³/mol. The van der Waals surface area contributed by atoms with E-state index in [0.717, 1.165) is 44.2 Å². The van der Waals surface area contributed by atoms with E-state index in [2.05, 4.69) is 55.5 Å². The molecule has 0 aromatic heterocycles. The average Bonchev–Trinajstić information content (AvgIpc) is 2.90. The van der Waals surface area contributed by atoms with Gasteiger partial charge in [-0.2, -0.15) is 0 Å². The molecule has 0 radical (unpaired) electrons. The summed E-state index contributed by atoms with van der Waals surface area (Å²) in [5, 5.41) is 9.53. The molecule has 4 nitrogen and oxygen atoms in total. The molecule has 0 spiro atoms. The van der Waals surface area contributed by atoms with Gasteiger partial charge in [0.15, 0.2) is 0 Å². The normalized spacial score (nSPS) is 12.1. The highest BCUT2D eigenvalue weighted by molar-refractivity contribution is 5.93. The number of ether oxygens (including phenoxy) is 1. The monoisotopic (exact) mass is 534 g/mol. The van der Waals surface area contributed by atoms with E-state index >= 15 is 0 Å². The Balaban J connectivity index is 1.70. The second-order valence-corrected chi connectivity index (χ2v) is 8.71. The maximum atomic E-state index is 14.1. The molecule has 2 rings (SSSR count). The highest BCUT2D eigenvalue weighted by Crippen LogP contribution is 2.29. The molecule has 1 N–H and O–H groups in total. The first-order valence-electron chi connectivity index (χ1n) is 13.2. The summed E-state index contributed by atoms with van der Waals surface area (Å²) >= 11 is 0. The van der Waals surface area contributed by atoms with Crippen LogP contribution in [0.4, 0.5) is 8.78 Å². The Morgan fingerprint density at radius 1 is 0.795 bits per heavy atom. The van der Waals surface area contributed by atoms with Crippen LogP contribution < -0.4 is 4.74 Å². The highest BCUT2D eigenvalue weighted by Gasteiger charge is 2.17. The van der Waals surface area contributed by atoms with E-state index in [9.17, 15) is 23.5 Å². The third-order valence-corrected chi connectivity index (χ3v) is 5.59. The van der Waals surface area contributed by atoms with E-state index in [1.165, 1.54) is 24.3 Å². The van der Waals surface area contributed by atoms with Gasteiger partial charge in [0.1, 0.15) is 22.9 Å². The maximum absolute atomic E-state index is 14.1. The van der Waals surface area contributed by atoms with Gasteiger partial charge in [-0.3, -0.25) is 4.79 Å². The van der Waals surface area contributed by atoms with Gasteiger partial charge in [-0.05, 0) is 74.8 Å². The quantitative estimate of drug-likeness (QED) is 0.101. The number of carboxylic acid groups (broad SMARTS) is 1. The number of allylic oxidation sites excluding steroid dienone is 10. The zero-order valence-corrected chi connectivity index (χ0v) is 22.3. The van der Waals surface area contributed by atoms with Crippen molar-refractivity contribution in [1.82, 2.24) is 0 Å². The number of carboxylic acids is 1. The molecule has 0 fully saturated rings. The van der Waals surface area contributed by atoms with Crippen molar-refractivity contribution in [3.05, 3.63) is 114 Å². The van der Waals surface area contributed by atoms with Crippen LogP contribution in [0.1, 0.15) is 68.6 Å². The third-order valence-electron chi connectivity index (χ3n) is 5.59. The number of aromatic carboxylic acids is 1. The summed E-state index contributed by atoms with van der Waals surface area (Å²) in [5.41, 5.74) is 0.0133. The van der Waals surface area contributed by atoms with Crippen LogP contribution in [0.15, 0.2) is 97.2 Å². The summed E-state index contributed by atoms with van der Waals surface area (Å²) in [6.45, 7) is 2.13. The number of carbonyl (C=O) groups is 2. The van der Waals surface area contributed by atoms with E-state index in [0.29, 0.717) is 12.8 Å². The Morgan fingerprint density at radius 2 is 1.38 bits per heavy atom. The minimum atomic E-state index is -1.32. The van der Waals surface area contributed by atoms with E-state index in [4.69, 9.17) is 4.74 Å². The fourth-order valence-corrected chi connectivity index (χ4v) is 3.58. The second-order valence-electron chi connectivity index (χ2n) is 8.71. The second kappa shape index (κ2) is 18.2. The molecule has 0 unspecified atom stereocenters. The van der Waals surface area contributed by atoms with Gasteiger partial charge in [-0.25, -0.2) is 13.6 Å². The largest absolute Gasteiger partial charge is 0.478 e. The van der Waals surface area contributed by atoms with Crippen LogP contribution in [0, 0.1) is 11.6 Å². The van der Waals surface area contributed by atoms with Gasteiger partial charge in [-0.15, -0.1) is 0 Å². The van der Waals surface area contributed by atoms with Crippen molar-refractivity contribution >= 4 is 11.9 Å². The summed E-state index contributed by atoms with van der Waals surface area (Å²) in [5.74, 6) is -3.53. The van der Waals surface area contributed by atoms with E-state index < -0.39 is 23.6 Å². The first-order valence-corrected chi connectivity index (χ1v) is 13.2. The Kier molecular flexibility index (Phi) is 14.6. The van der Waals surface area contributed by atoms with Crippen LogP contribution in [0.3, 0.4) is 0 Å². The summed E-state index contributed by atoms with van der Waals surface area (Å²) in [6.07, 6.45) is 27.3. The van der Waals surface area contributed by atoms with Crippen molar-refractivity contribution in [2.45, 2.75) is 58.3 Å². The minimum Gasteiger partial charge on any atom is -0.478 e. The Labute approximate surface area is 229 Å². The van der Waals surface area contributed by atoms with Crippen LogP contribution in [-0.4, -0.2) is 17.0 Å². The number of benzene rings is 2. The summed E-state index contributed by atoms with van der Waals surface area (Å²) in [7, 11) is 0. The van der Waals surface area contributed by atoms with Gasteiger partial charge in [0.05, 0.1) is 0 Å². The average molecular weight is 535 g/mol. The lowest BCUT2D eigenvalue weighted by molar-refractivity contribution is -0.134. The van der Waals surface area contributed by atoms with Crippen LogP contribution in [0.25, 0.3) is 11.1 Å². The number of esters is 1. The van der Waals surface area contributed by atoms with E-state index in [-0.39, 0.29) is 28.9 Å². The molecule has 2 aromatic rings. The van der Waals surface area contributed by atoms with Crippen molar-refractivity contribution < 1.29 is 28.2 Å². The van der Waals surface area contributed by atoms with E-state index in [1.54, 1.807) is 0 Å². The molecule has 0 saturated carbocycles. The highest BCUT2D eigenvalue weighted by atomic mass is 19.1. The van der Waals surface area contributed by atoms with Gasteiger partial charge >= 0.3 is 11.9 Å². The van der Waals surface area contributed by atoms with Crippen LogP contribution in [-0.2, 0) is 4.79 Å². The smallest absolute Gasteiger partial charge is 0.339 e. The summed E-state index contributed by atoms with van der Waals surface area (Å²) in [6, 6.07) is 6.99. The fourth-order valence-electron chi connectivity index (χ4n) is 3.58. The Hall–Kier alpha value is -4.06. The van der Waals surface area contributed by atoms with Gasteiger partial charge in [0, 0.05) is 18.1 Å². The standard InChI is InChI=1S/C33H36F2O4/c1-2-3-4-5-6-7-8-9-10-11-12-13-14-15-16-17-18-19-32(36)39-31-23-20-26(24-29(31)33(37)38)28-22-21-27(34)25-30(28)35/h3-4,6-7,9-10,12-13,15-16,20-25H,2,5,8,11,14,17-19H2,1H3,(H,37,38)/b4-3-,7-6-,10-9-,13-12-,16-15-. The number of rotatable bonds is 16. The van der Waals surface area contributed by atoms with Crippen LogP contribution >= 0.6 is 0 Å². The van der Waals surface area contributed by atoms with Gasteiger partial charge in [0.25, 0.3) is 0 Å². The van der Waals surface area contributed by atoms with Crippen molar-refractivity contribution in [1.29, 1.82) is 0 Å². The molecule has 0 heterocycles. The molecule has 0 saturated heterocycles. The third kappa shape index (κ3) is 12.4. The topological polar surface area (TPSA) is 63.6 Å². The lowest BCUT2D eigenvalue weighted by Gasteiger charge is -2.10. The van der Waals surface area contributed by atoms with Crippen molar-refractivity contribution in [2.75, 3.05) is 0 Å². The lowest BCUT2D eigenvalue weighted by atomic mass is 10.0. The van der Waals surface area contributed by atoms with E-state index in [1.807, 2.05) is 12.2 Å². The molecule has 0 aliphatic heterocycles. The molecule has 0 aliphatic carbocycles. The van der Waals surface area contributed by atoms with Gasteiger partial charge in [-0.1, -0.05) is 73.8 Å². The zero-order valence-electron chi connectivity index (χ0n) is 22.3. The lowest BCUT2D eigenvalue weighted by Crippen LogP contribution is -2.11. The minimum absolute atomic E-state index is 0.0499. The van der Waals surface area contributed by atoms with Crippen LogP contribution in [0.2, 0.25) is 0 Å². The Bertz CT molecular complexity index is 1220. The molecule has 0 bridgehead atoms. The van der Waals surface area contributed by atoms with Gasteiger partial charge < -0.3 is 9.84 Å². The summed E-state index contributed by atoms with van der Waals surface area (Å²) in [4.78, 5) is 23.9. The van der Waals surface area contributed by atoms with Crippen molar-refractivity contribution in [3.63, 3.8) is 0 Å². The number of hydrogen-bond acceptors (Lipinski definition) is 3. The van der Waals surface area contributed by atoms with Crippen molar-refractivity contribution in [3.8, 4) is 16.9 Å². The molecule has 2 aromatic carbocycles. The molecule has 0 atom stereocenters. The molecule has 6 heteroatoms. The number of hydrogen-bond donors (Lipinski definition) is 1. The van der Waals surface area contributed by atoms with Crippen molar-refractivity contribution in [2.24, 2.45) is 0 Å². The first-order chi connectivity index (χ1) is 18.9. The number of halogens is 2. The first kappa shape index (κ1) is 31.2. The predicted octanol–water partition coefficient (Wildman–Crippen LogP) is 9.16. The molecular formula is C33H36F2O4. The molecular weight excluding hydrogens is 498 g/mol. The molecule has 0 amide bonds. The molecule has 206 valence electrons. The Morgan fingerprint density at radius 3 is 1.95 bits per heavy atom. The maximum Gasteiger partial charge on any atom is 0.339 e.